The Hall–Kier alpha value is -3.86. The van der Waals surface area contributed by atoms with Crippen LogP contribution >= 0.6 is 0 Å². The number of pyridine rings is 1. The Balaban J connectivity index is 1.22. The summed E-state index contributed by atoms with van der Waals surface area (Å²) in [5, 5.41) is 18.5. The van der Waals surface area contributed by atoms with Gasteiger partial charge in [0.15, 0.2) is 0 Å². The van der Waals surface area contributed by atoms with Crippen molar-refractivity contribution in [3.8, 4) is 16.9 Å². The van der Waals surface area contributed by atoms with Crippen LogP contribution in [-0.2, 0) is 0 Å². The zero-order valence-electron chi connectivity index (χ0n) is 21.9. The third-order valence-corrected chi connectivity index (χ3v) is 7.58. The Labute approximate surface area is 230 Å². The van der Waals surface area contributed by atoms with Gasteiger partial charge in [-0.3, -0.25) is 10.1 Å². The molecule has 3 atom stereocenters. The first kappa shape index (κ1) is 27.7. The summed E-state index contributed by atoms with van der Waals surface area (Å²) in [4.78, 5) is 17.4. The first-order valence-electron chi connectivity index (χ1n) is 13.6. The number of nitrogens with one attached hydrogen (secondary N) is 2. The van der Waals surface area contributed by atoms with Gasteiger partial charge in [0.1, 0.15) is 11.6 Å². The van der Waals surface area contributed by atoms with Crippen LogP contribution in [0.3, 0.4) is 0 Å². The van der Waals surface area contributed by atoms with E-state index in [2.05, 4.69) is 25.3 Å². The first-order chi connectivity index (χ1) is 19.2. The van der Waals surface area contributed by atoms with Crippen LogP contribution in [0.4, 0.5) is 30.4 Å². The van der Waals surface area contributed by atoms with E-state index in [0.29, 0.717) is 6.04 Å². The summed E-state index contributed by atoms with van der Waals surface area (Å²) < 4.78 is 41.4. The van der Waals surface area contributed by atoms with Crippen molar-refractivity contribution >= 4 is 17.2 Å². The third-order valence-electron chi connectivity index (χ3n) is 7.58. The molecule has 40 heavy (non-hydrogen) atoms. The summed E-state index contributed by atoms with van der Waals surface area (Å²) >= 11 is 0. The molecule has 212 valence electrons. The number of benzene rings is 2. The third kappa shape index (κ3) is 7.20. The molecule has 1 aliphatic heterocycles. The number of rotatable bonds is 8. The first-order valence-corrected chi connectivity index (χ1v) is 13.6. The van der Waals surface area contributed by atoms with E-state index in [4.69, 9.17) is 0 Å². The van der Waals surface area contributed by atoms with E-state index in [1.54, 1.807) is 30.5 Å². The van der Waals surface area contributed by atoms with Gasteiger partial charge in [0, 0.05) is 55.2 Å². The lowest BCUT2D eigenvalue weighted by Crippen LogP contribution is -2.54. The van der Waals surface area contributed by atoms with Gasteiger partial charge in [0.25, 0.3) is 5.69 Å². The van der Waals surface area contributed by atoms with Crippen LogP contribution in [-0.4, -0.2) is 47.5 Å². The zero-order valence-corrected chi connectivity index (χ0v) is 21.9. The van der Waals surface area contributed by atoms with Crippen molar-refractivity contribution < 1.29 is 22.8 Å². The number of anilines is 2. The van der Waals surface area contributed by atoms with Crippen molar-refractivity contribution in [3.63, 3.8) is 0 Å². The maximum Gasteiger partial charge on any atom is 0.573 e. The summed E-state index contributed by atoms with van der Waals surface area (Å²) in [7, 11) is 0. The molecule has 2 aliphatic rings. The lowest BCUT2D eigenvalue weighted by Gasteiger charge is -2.40. The highest BCUT2D eigenvalue weighted by molar-refractivity contribution is 5.67. The minimum absolute atomic E-state index is 0.0942. The topological polar surface area (TPSA) is 92.6 Å². The molecule has 1 aliphatic carbocycles. The van der Waals surface area contributed by atoms with Crippen LogP contribution in [0.25, 0.3) is 11.1 Å². The minimum atomic E-state index is -4.72. The molecule has 11 heteroatoms. The zero-order chi connectivity index (χ0) is 28.1. The van der Waals surface area contributed by atoms with Crippen LogP contribution in [0.5, 0.6) is 5.75 Å². The molecule has 2 aromatic carbocycles. The summed E-state index contributed by atoms with van der Waals surface area (Å²) in [6.45, 7) is 1.76. The molecular weight excluding hydrogens is 523 g/mol. The number of nitro groups is 1. The lowest BCUT2D eigenvalue weighted by molar-refractivity contribution is -0.384. The average molecular weight is 556 g/mol. The molecule has 2 fully saturated rings. The van der Waals surface area contributed by atoms with Crippen LogP contribution in [0.15, 0.2) is 66.9 Å². The minimum Gasteiger partial charge on any atom is -0.406 e. The van der Waals surface area contributed by atoms with Gasteiger partial charge < -0.3 is 20.3 Å². The molecule has 0 bridgehead atoms. The molecule has 8 nitrogen and oxygen atoms in total. The summed E-state index contributed by atoms with van der Waals surface area (Å²) in [6, 6.07) is 17.1. The van der Waals surface area contributed by atoms with Crippen molar-refractivity contribution in [3.05, 3.63) is 77.0 Å². The van der Waals surface area contributed by atoms with Crippen molar-refractivity contribution in [2.45, 2.75) is 63.0 Å². The normalized spacial score (nSPS) is 21.6. The maximum atomic E-state index is 12.5. The van der Waals surface area contributed by atoms with Gasteiger partial charge in [-0.25, -0.2) is 4.98 Å². The van der Waals surface area contributed by atoms with Gasteiger partial charge >= 0.3 is 6.36 Å². The van der Waals surface area contributed by atoms with Gasteiger partial charge in [0.2, 0.25) is 0 Å². The Kier molecular flexibility index (Phi) is 8.39. The van der Waals surface area contributed by atoms with E-state index >= 15 is 0 Å². The van der Waals surface area contributed by atoms with E-state index in [1.165, 1.54) is 12.1 Å². The predicted octanol–water partition coefficient (Wildman–Crippen LogP) is 6.54. The number of halogens is 3. The SMILES string of the molecule is O=[N+]([O-])c1ccc(N2CCC[C@H](N[C@@H]3CCCC[C@H]3Nc3cc(-c4ccc(OC(F)(F)F)cc4)ccn3)C2)cc1. The number of alkyl halides is 3. The highest BCUT2D eigenvalue weighted by atomic mass is 19.4. The van der Waals surface area contributed by atoms with E-state index < -0.39 is 6.36 Å². The van der Waals surface area contributed by atoms with Crippen LogP contribution in [0, 0.1) is 10.1 Å². The Bertz CT molecular complexity index is 1290. The van der Waals surface area contributed by atoms with E-state index in [1.807, 2.05) is 24.3 Å². The van der Waals surface area contributed by atoms with Gasteiger partial charge in [0.05, 0.1) is 4.92 Å². The second-order valence-corrected chi connectivity index (χ2v) is 10.4. The fourth-order valence-electron chi connectivity index (χ4n) is 5.67. The van der Waals surface area contributed by atoms with Gasteiger partial charge in [-0.2, -0.15) is 0 Å². The highest BCUT2D eigenvalue weighted by Crippen LogP contribution is 2.29. The monoisotopic (exact) mass is 555 g/mol. The quantitative estimate of drug-likeness (QED) is 0.241. The number of nitro benzene ring substituents is 1. The summed E-state index contributed by atoms with van der Waals surface area (Å²) in [5.41, 5.74) is 2.71. The van der Waals surface area contributed by atoms with Crippen LogP contribution < -0.4 is 20.3 Å². The molecule has 0 amide bonds. The molecule has 0 spiro atoms. The van der Waals surface area contributed by atoms with Crippen molar-refractivity contribution in [2.75, 3.05) is 23.3 Å². The van der Waals surface area contributed by atoms with Crippen molar-refractivity contribution in [1.82, 2.24) is 10.3 Å². The molecule has 2 N–H and O–H groups in total. The van der Waals surface area contributed by atoms with Crippen LogP contribution in [0.2, 0.25) is 0 Å². The Morgan fingerprint density at radius 3 is 2.35 bits per heavy atom. The van der Waals surface area contributed by atoms with Crippen LogP contribution in [0.1, 0.15) is 38.5 Å². The molecule has 3 aromatic rings. The number of ether oxygens (including phenoxy) is 1. The molecule has 1 aromatic heterocycles. The van der Waals surface area contributed by atoms with Crippen molar-refractivity contribution in [1.29, 1.82) is 0 Å². The lowest BCUT2D eigenvalue weighted by atomic mass is 9.89. The number of aromatic nitrogens is 1. The molecule has 0 unspecified atom stereocenters. The smallest absolute Gasteiger partial charge is 0.406 e. The second kappa shape index (κ2) is 12.1. The molecule has 5 rings (SSSR count). The molecular formula is C29H32F3N5O3. The molecule has 1 saturated heterocycles. The Morgan fingerprint density at radius 2 is 1.65 bits per heavy atom. The van der Waals surface area contributed by atoms with Crippen molar-refractivity contribution in [2.24, 2.45) is 0 Å². The molecule has 2 heterocycles. The number of hydrogen-bond acceptors (Lipinski definition) is 7. The highest BCUT2D eigenvalue weighted by Gasteiger charge is 2.31. The maximum absolute atomic E-state index is 12.5. The summed E-state index contributed by atoms with van der Waals surface area (Å²) in [5.74, 6) is 0.470. The van der Waals surface area contributed by atoms with E-state index in [-0.39, 0.29) is 28.4 Å². The second-order valence-electron chi connectivity index (χ2n) is 10.4. The van der Waals surface area contributed by atoms with Gasteiger partial charge in [-0.1, -0.05) is 25.0 Å². The number of piperidine rings is 1. The van der Waals surface area contributed by atoms with E-state index in [0.717, 1.165) is 74.2 Å². The number of nitrogens with zero attached hydrogens (tertiary/aromatic N) is 3. The number of non-ortho nitro benzene ring substituents is 1. The van der Waals surface area contributed by atoms with E-state index in [9.17, 15) is 23.3 Å². The number of hydrogen-bond donors (Lipinski definition) is 2. The van der Waals surface area contributed by atoms with Gasteiger partial charge in [-0.05, 0) is 73.2 Å². The standard InChI is InChI=1S/C29H32F3N5O3/c30-29(31,32)40-25-13-7-20(8-14-25)21-15-16-33-28(18-21)35-27-6-2-1-5-26(27)34-22-4-3-17-36(19-22)23-9-11-24(12-10-23)37(38)39/h7-16,18,22,26-27,34H,1-6,17,19H2,(H,33,35)/t22-,26+,27+/m0/s1. The average Bonchev–Trinajstić information content (AvgIpc) is 2.94. The van der Waals surface area contributed by atoms with Gasteiger partial charge in [-0.15, -0.1) is 13.2 Å². The predicted molar refractivity (Wildman–Crippen MR) is 147 cm³/mol. The molecule has 0 radical (unpaired) electrons. The fourth-order valence-corrected chi connectivity index (χ4v) is 5.67. The fraction of sp³-hybridized carbons (Fsp3) is 0.414. The summed E-state index contributed by atoms with van der Waals surface area (Å²) in [6.07, 6.45) is 3.40. The largest absolute Gasteiger partial charge is 0.573 e. The molecule has 1 saturated carbocycles. The Morgan fingerprint density at radius 1 is 0.925 bits per heavy atom.